The number of nitrogens with zero attached hydrogens (tertiary/aromatic N) is 2. The van der Waals surface area contributed by atoms with Gasteiger partial charge in [0.05, 0.1) is 5.69 Å². The maximum absolute atomic E-state index is 12.3. The molecule has 0 radical (unpaired) electrons. The Labute approximate surface area is 131 Å². The van der Waals surface area contributed by atoms with Crippen molar-refractivity contribution < 1.29 is 9.59 Å². The van der Waals surface area contributed by atoms with Crippen molar-refractivity contribution in [2.75, 3.05) is 13.1 Å². The molecule has 0 saturated carbocycles. The van der Waals surface area contributed by atoms with Crippen LogP contribution in [0.5, 0.6) is 0 Å². The summed E-state index contributed by atoms with van der Waals surface area (Å²) in [5.74, 6) is -0.102. The van der Waals surface area contributed by atoms with Crippen LogP contribution in [0.4, 0.5) is 0 Å². The van der Waals surface area contributed by atoms with Crippen molar-refractivity contribution in [3.8, 4) is 0 Å². The fourth-order valence-corrected chi connectivity index (χ4v) is 2.60. The quantitative estimate of drug-likeness (QED) is 0.594. The standard InChI is InChI=1S/C16H24N4O2/c1-3-5-10-18-15(21)13-12-8-6-7-11-20(12)14(19-13)16(22)17-9-4-2/h4H,2-3,5-11H2,1H3,(H,17,22)(H,18,21). The third-order valence-corrected chi connectivity index (χ3v) is 3.76. The molecule has 0 unspecified atom stereocenters. The topological polar surface area (TPSA) is 76.0 Å². The van der Waals surface area contributed by atoms with Gasteiger partial charge in [-0.3, -0.25) is 9.59 Å². The molecule has 0 aromatic carbocycles. The number of unbranched alkanes of at least 4 members (excludes halogenated alkanes) is 1. The van der Waals surface area contributed by atoms with Gasteiger partial charge in [0.15, 0.2) is 5.82 Å². The lowest BCUT2D eigenvalue weighted by atomic mass is 10.1. The minimum absolute atomic E-state index is 0.179. The molecule has 2 amide bonds. The SMILES string of the molecule is C=CCNC(=O)c1nc(C(=O)NCCCC)c2n1CCCC2. The average Bonchev–Trinajstić information content (AvgIpc) is 2.92. The summed E-state index contributed by atoms with van der Waals surface area (Å²) in [6.45, 7) is 7.42. The van der Waals surface area contributed by atoms with Gasteiger partial charge in [-0.15, -0.1) is 6.58 Å². The Morgan fingerprint density at radius 1 is 1.32 bits per heavy atom. The lowest BCUT2D eigenvalue weighted by Crippen LogP contribution is -2.28. The van der Waals surface area contributed by atoms with Gasteiger partial charge in [-0.1, -0.05) is 19.4 Å². The molecule has 0 saturated heterocycles. The number of carbonyl (C=O) groups excluding carboxylic acids is 2. The lowest BCUT2D eigenvalue weighted by Gasteiger charge is -2.16. The van der Waals surface area contributed by atoms with Gasteiger partial charge in [0, 0.05) is 19.6 Å². The van der Waals surface area contributed by atoms with E-state index >= 15 is 0 Å². The first kappa shape index (κ1) is 16.3. The summed E-state index contributed by atoms with van der Waals surface area (Å²) in [7, 11) is 0. The summed E-state index contributed by atoms with van der Waals surface area (Å²) in [4.78, 5) is 28.8. The zero-order valence-corrected chi connectivity index (χ0v) is 13.2. The molecule has 6 heteroatoms. The fraction of sp³-hybridized carbons (Fsp3) is 0.562. The van der Waals surface area contributed by atoms with Gasteiger partial charge >= 0.3 is 0 Å². The van der Waals surface area contributed by atoms with E-state index in [0.29, 0.717) is 24.6 Å². The summed E-state index contributed by atoms with van der Waals surface area (Å²) in [6.07, 6.45) is 6.40. The van der Waals surface area contributed by atoms with Crippen molar-refractivity contribution in [1.29, 1.82) is 0 Å². The third kappa shape index (κ3) is 3.55. The second-order valence-corrected chi connectivity index (χ2v) is 5.45. The van der Waals surface area contributed by atoms with Gasteiger partial charge in [-0.2, -0.15) is 0 Å². The summed E-state index contributed by atoms with van der Waals surface area (Å²) < 4.78 is 1.89. The van der Waals surface area contributed by atoms with Crippen LogP contribution in [0, 0.1) is 0 Å². The van der Waals surface area contributed by atoms with Crippen LogP contribution in [0.2, 0.25) is 0 Å². The zero-order chi connectivity index (χ0) is 15.9. The van der Waals surface area contributed by atoms with E-state index in [0.717, 1.165) is 44.3 Å². The van der Waals surface area contributed by atoms with Gasteiger partial charge in [-0.05, 0) is 25.7 Å². The first-order chi connectivity index (χ1) is 10.7. The summed E-state index contributed by atoms with van der Waals surface area (Å²) >= 11 is 0. The van der Waals surface area contributed by atoms with Gasteiger partial charge < -0.3 is 15.2 Å². The number of fused-ring (bicyclic) bond motifs is 1. The molecule has 2 rings (SSSR count). The zero-order valence-electron chi connectivity index (χ0n) is 13.2. The Bertz CT molecular complexity index is 563. The van der Waals surface area contributed by atoms with Crippen LogP contribution in [-0.2, 0) is 13.0 Å². The predicted octanol–water partition coefficient (Wildman–Crippen LogP) is 1.67. The number of hydrogen-bond acceptors (Lipinski definition) is 3. The van der Waals surface area contributed by atoms with Gasteiger partial charge in [0.1, 0.15) is 5.69 Å². The van der Waals surface area contributed by atoms with E-state index in [4.69, 9.17) is 0 Å². The van der Waals surface area contributed by atoms with Crippen LogP contribution in [0.15, 0.2) is 12.7 Å². The Balaban J connectivity index is 2.23. The lowest BCUT2D eigenvalue weighted by molar-refractivity contribution is 0.0942. The molecule has 1 aromatic rings. The molecule has 0 aliphatic carbocycles. The minimum atomic E-state index is -0.254. The fourth-order valence-electron chi connectivity index (χ4n) is 2.60. The average molecular weight is 304 g/mol. The molecule has 120 valence electrons. The summed E-state index contributed by atoms with van der Waals surface area (Å²) in [5.41, 5.74) is 1.28. The molecule has 1 aliphatic heterocycles. The van der Waals surface area contributed by atoms with Crippen molar-refractivity contribution >= 4 is 11.8 Å². The van der Waals surface area contributed by atoms with Crippen molar-refractivity contribution in [3.63, 3.8) is 0 Å². The molecule has 0 fully saturated rings. The number of rotatable bonds is 7. The van der Waals surface area contributed by atoms with Crippen molar-refractivity contribution in [1.82, 2.24) is 20.2 Å². The molecule has 0 spiro atoms. The third-order valence-electron chi connectivity index (χ3n) is 3.76. The highest BCUT2D eigenvalue weighted by Gasteiger charge is 2.26. The Kier molecular flexibility index (Phi) is 5.75. The van der Waals surface area contributed by atoms with Crippen molar-refractivity contribution in [3.05, 3.63) is 29.9 Å². The van der Waals surface area contributed by atoms with Gasteiger partial charge in [0.25, 0.3) is 11.8 Å². The van der Waals surface area contributed by atoms with Crippen LogP contribution < -0.4 is 10.6 Å². The van der Waals surface area contributed by atoms with Crippen molar-refractivity contribution in [2.45, 2.75) is 45.6 Å². The first-order valence-electron chi connectivity index (χ1n) is 7.95. The number of nitrogens with one attached hydrogen (secondary N) is 2. The number of aromatic nitrogens is 2. The van der Waals surface area contributed by atoms with Gasteiger partial charge in [0.2, 0.25) is 0 Å². The number of carbonyl (C=O) groups is 2. The number of imidazole rings is 1. The van der Waals surface area contributed by atoms with Crippen LogP contribution in [-0.4, -0.2) is 34.5 Å². The molecule has 2 N–H and O–H groups in total. The predicted molar refractivity (Wildman–Crippen MR) is 84.9 cm³/mol. The summed E-state index contributed by atoms with van der Waals surface area (Å²) in [6, 6.07) is 0. The largest absolute Gasteiger partial charge is 0.351 e. The second kappa shape index (κ2) is 7.77. The van der Waals surface area contributed by atoms with Crippen LogP contribution in [0.1, 0.15) is 59.4 Å². The monoisotopic (exact) mass is 304 g/mol. The smallest absolute Gasteiger partial charge is 0.287 e. The van der Waals surface area contributed by atoms with Crippen LogP contribution >= 0.6 is 0 Å². The number of amides is 2. The van der Waals surface area contributed by atoms with E-state index < -0.39 is 0 Å². The Morgan fingerprint density at radius 3 is 2.86 bits per heavy atom. The maximum atomic E-state index is 12.3. The molecule has 6 nitrogen and oxygen atoms in total. The summed E-state index contributed by atoms with van der Waals surface area (Å²) in [5, 5.41) is 5.61. The Hall–Kier alpha value is -2.11. The van der Waals surface area contributed by atoms with Crippen molar-refractivity contribution in [2.24, 2.45) is 0 Å². The molecule has 2 heterocycles. The van der Waals surface area contributed by atoms with E-state index in [-0.39, 0.29) is 11.8 Å². The minimum Gasteiger partial charge on any atom is -0.351 e. The van der Waals surface area contributed by atoms with E-state index in [1.165, 1.54) is 0 Å². The molecule has 1 aromatic heterocycles. The molecule has 22 heavy (non-hydrogen) atoms. The molecule has 0 bridgehead atoms. The van der Waals surface area contributed by atoms with E-state index in [1.54, 1.807) is 6.08 Å². The maximum Gasteiger partial charge on any atom is 0.287 e. The second-order valence-electron chi connectivity index (χ2n) is 5.45. The van der Waals surface area contributed by atoms with E-state index in [1.807, 2.05) is 4.57 Å². The van der Waals surface area contributed by atoms with E-state index in [9.17, 15) is 9.59 Å². The van der Waals surface area contributed by atoms with E-state index in [2.05, 4.69) is 29.1 Å². The highest BCUT2D eigenvalue weighted by Crippen LogP contribution is 2.21. The molecule has 1 aliphatic rings. The molecular weight excluding hydrogens is 280 g/mol. The highest BCUT2D eigenvalue weighted by atomic mass is 16.2. The highest BCUT2D eigenvalue weighted by molar-refractivity contribution is 5.97. The van der Waals surface area contributed by atoms with Gasteiger partial charge in [-0.25, -0.2) is 4.98 Å². The Morgan fingerprint density at radius 2 is 2.14 bits per heavy atom. The normalized spacial score (nSPS) is 13.3. The first-order valence-corrected chi connectivity index (χ1v) is 7.95. The van der Waals surface area contributed by atoms with Crippen LogP contribution in [0.25, 0.3) is 0 Å². The van der Waals surface area contributed by atoms with Crippen LogP contribution in [0.3, 0.4) is 0 Å². The molecule has 0 atom stereocenters. The molecular formula is C16H24N4O2. The number of hydrogen-bond donors (Lipinski definition) is 2.